The number of aromatic nitrogens is 4. The van der Waals surface area contributed by atoms with E-state index in [4.69, 9.17) is 19.7 Å². The monoisotopic (exact) mass is 478 g/mol. The van der Waals surface area contributed by atoms with Crippen LogP contribution in [0.4, 0.5) is 11.5 Å². The SMILES string of the molecule is Cc1nc2c(NCCCCN3CCOCC3)nc(-c3ccc(N4CCN(C)CC4)cc3)nc2n1C. The van der Waals surface area contributed by atoms with E-state index in [2.05, 4.69) is 51.3 Å². The maximum Gasteiger partial charge on any atom is 0.166 e. The molecule has 2 aromatic heterocycles. The van der Waals surface area contributed by atoms with Crippen LogP contribution in [-0.2, 0) is 11.8 Å². The summed E-state index contributed by atoms with van der Waals surface area (Å²) in [4.78, 5) is 21.9. The molecule has 2 aliphatic heterocycles. The quantitative estimate of drug-likeness (QED) is 0.496. The van der Waals surface area contributed by atoms with Gasteiger partial charge >= 0.3 is 0 Å². The first-order valence-electron chi connectivity index (χ1n) is 12.9. The van der Waals surface area contributed by atoms with Gasteiger partial charge in [0.1, 0.15) is 5.82 Å². The van der Waals surface area contributed by atoms with Crippen LogP contribution in [0.5, 0.6) is 0 Å². The van der Waals surface area contributed by atoms with Gasteiger partial charge < -0.3 is 24.4 Å². The van der Waals surface area contributed by atoms with Crippen molar-refractivity contribution in [2.75, 3.05) is 82.8 Å². The summed E-state index contributed by atoms with van der Waals surface area (Å²) in [6.45, 7) is 12.1. The largest absolute Gasteiger partial charge is 0.379 e. The highest BCUT2D eigenvalue weighted by Crippen LogP contribution is 2.27. The van der Waals surface area contributed by atoms with Crippen molar-refractivity contribution < 1.29 is 4.74 Å². The molecule has 188 valence electrons. The summed E-state index contributed by atoms with van der Waals surface area (Å²) in [5.41, 5.74) is 4.00. The van der Waals surface area contributed by atoms with Crippen LogP contribution in [-0.4, -0.2) is 102 Å². The third-order valence-electron chi connectivity index (χ3n) is 7.23. The summed E-state index contributed by atoms with van der Waals surface area (Å²) in [6, 6.07) is 8.68. The van der Waals surface area contributed by atoms with Gasteiger partial charge in [-0.2, -0.15) is 0 Å². The smallest absolute Gasteiger partial charge is 0.166 e. The van der Waals surface area contributed by atoms with Gasteiger partial charge in [0.05, 0.1) is 13.2 Å². The van der Waals surface area contributed by atoms with Gasteiger partial charge in [0.25, 0.3) is 0 Å². The highest BCUT2D eigenvalue weighted by atomic mass is 16.5. The Morgan fingerprint density at radius 1 is 0.886 bits per heavy atom. The Labute approximate surface area is 208 Å². The zero-order valence-electron chi connectivity index (χ0n) is 21.3. The van der Waals surface area contributed by atoms with E-state index in [-0.39, 0.29) is 0 Å². The Bertz CT molecular complexity index is 1110. The van der Waals surface area contributed by atoms with Gasteiger partial charge in [0.2, 0.25) is 0 Å². The molecule has 35 heavy (non-hydrogen) atoms. The maximum atomic E-state index is 5.45. The number of piperazine rings is 1. The van der Waals surface area contributed by atoms with Crippen LogP contribution in [0, 0.1) is 6.92 Å². The summed E-state index contributed by atoms with van der Waals surface area (Å²) >= 11 is 0. The second-order valence-electron chi connectivity index (χ2n) is 9.71. The average molecular weight is 479 g/mol. The number of benzene rings is 1. The molecule has 0 bridgehead atoms. The predicted molar refractivity (Wildman–Crippen MR) is 141 cm³/mol. The number of nitrogens with one attached hydrogen (secondary N) is 1. The third-order valence-corrected chi connectivity index (χ3v) is 7.23. The zero-order valence-corrected chi connectivity index (χ0v) is 21.3. The van der Waals surface area contributed by atoms with Crippen molar-refractivity contribution in [3.63, 3.8) is 0 Å². The molecule has 9 nitrogen and oxygen atoms in total. The zero-order chi connectivity index (χ0) is 24.2. The van der Waals surface area contributed by atoms with Crippen molar-refractivity contribution >= 4 is 22.7 Å². The Morgan fingerprint density at radius 3 is 2.37 bits per heavy atom. The molecule has 0 aliphatic carbocycles. The number of hydrogen-bond acceptors (Lipinski definition) is 8. The fourth-order valence-corrected chi connectivity index (χ4v) is 4.80. The number of morpholine rings is 1. The number of ether oxygens (including phenoxy) is 1. The number of rotatable bonds is 8. The molecule has 9 heteroatoms. The van der Waals surface area contributed by atoms with Crippen molar-refractivity contribution in [2.24, 2.45) is 7.05 Å². The number of anilines is 2. The summed E-state index contributed by atoms with van der Waals surface area (Å²) in [5, 5.41) is 3.56. The Balaban J connectivity index is 1.29. The molecule has 0 radical (unpaired) electrons. The van der Waals surface area contributed by atoms with Crippen molar-refractivity contribution in [3.05, 3.63) is 30.1 Å². The van der Waals surface area contributed by atoms with Gasteiger partial charge in [0, 0.05) is 64.1 Å². The van der Waals surface area contributed by atoms with E-state index in [1.165, 1.54) is 5.69 Å². The molecule has 0 saturated carbocycles. The first-order chi connectivity index (χ1) is 17.1. The van der Waals surface area contributed by atoms with E-state index in [0.29, 0.717) is 0 Å². The minimum atomic E-state index is 0.737. The van der Waals surface area contributed by atoms with E-state index in [0.717, 1.165) is 113 Å². The fourth-order valence-electron chi connectivity index (χ4n) is 4.80. The van der Waals surface area contributed by atoms with Crippen molar-refractivity contribution in [1.29, 1.82) is 0 Å². The summed E-state index contributed by atoms with van der Waals surface area (Å²) in [5.74, 6) is 2.50. The normalized spacial score (nSPS) is 17.9. The maximum absolute atomic E-state index is 5.45. The topological polar surface area (TPSA) is 74.6 Å². The number of unbranched alkanes of at least 4 members (excludes halogenated alkanes) is 1. The van der Waals surface area contributed by atoms with Gasteiger partial charge in [-0.25, -0.2) is 15.0 Å². The number of hydrogen-bond donors (Lipinski definition) is 1. The van der Waals surface area contributed by atoms with Gasteiger partial charge in [-0.1, -0.05) is 0 Å². The van der Waals surface area contributed by atoms with E-state index >= 15 is 0 Å². The number of nitrogens with zero attached hydrogens (tertiary/aromatic N) is 7. The molecule has 2 fully saturated rings. The van der Waals surface area contributed by atoms with E-state index in [9.17, 15) is 0 Å². The molecular formula is C26H38N8O. The molecule has 0 unspecified atom stereocenters. The molecule has 5 rings (SSSR count). The van der Waals surface area contributed by atoms with E-state index in [1.807, 2.05) is 18.5 Å². The third kappa shape index (κ3) is 5.58. The molecule has 0 amide bonds. The van der Waals surface area contributed by atoms with Crippen LogP contribution in [0.25, 0.3) is 22.6 Å². The molecule has 2 saturated heterocycles. The fraction of sp³-hybridized carbons (Fsp3) is 0.577. The van der Waals surface area contributed by atoms with E-state index < -0.39 is 0 Å². The Kier molecular flexibility index (Phi) is 7.46. The number of imidazole rings is 1. The first-order valence-corrected chi connectivity index (χ1v) is 12.9. The second kappa shape index (κ2) is 10.9. The highest BCUT2D eigenvalue weighted by molar-refractivity contribution is 5.85. The van der Waals surface area contributed by atoms with Crippen LogP contribution in [0.3, 0.4) is 0 Å². The Hall–Kier alpha value is -2.75. The summed E-state index contributed by atoms with van der Waals surface area (Å²) in [6.07, 6.45) is 2.24. The Morgan fingerprint density at radius 2 is 1.63 bits per heavy atom. The van der Waals surface area contributed by atoms with Crippen molar-refractivity contribution in [1.82, 2.24) is 29.3 Å². The van der Waals surface area contributed by atoms with Crippen LogP contribution in [0.1, 0.15) is 18.7 Å². The highest BCUT2D eigenvalue weighted by Gasteiger charge is 2.17. The minimum absolute atomic E-state index is 0.737. The lowest BCUT2D eigenvalue weighted by atomic mass is 10.1. The van der Waals surface area contributed by atoms with Gasteiger partial charge in [-0.15, -0.1) is 0 Å². The molecule has 3 aromatic rings. The summed E-state index contributed by atoms with van der Waals surface area (Å²) in [7, 11) is 4.20. The number of aryl methyl sites for hydroxylation is 2. The standard InChI is InChI=1S/C26H38N8O/c1-20-28-23-25(27-10-4-5-11-33-16-18-35-19-17-33)29-24(30-26(23)32(20)3)21-6-8-22(9-7-21)34-14-12-31(2)13-15-34/h6-9H,4-5,10-19H2,1-3H3,(H,27,29,30). The molecule has 1 aromatic carbocycles. The molecule has 1 N–H and O–H groups in total. The molecule has 4 heterocycles. The van der Waals surface area contributed by atoms with Gasteiger partial charge in [-0.05, 0) is 57.6 Å². The lowest BCUT2D eigenvalue weighted by molar-refractivity contribution is 0.0373. The second-order valence-corrected chi connectivity index (χ2v) is 9.71. The van der Waals surface area contributed by atoms with Crippen LogP contribution < -0.4 is 10.2 Å². The van der Waals surface area contributed by atoms with Crippen LogP contribution >= 0.6 is 0 Å². The van der Waals surface area contributed by atoms with Gasteiger partial charge in [-0.3, -0.25) is 4.90 Å². The first kappa shape index (κ1) is 24.0. The average Bonchev–Trinajstić information content (AvgIpc) is 3.18. The lowest BCUT2D eigenvalue weighted by Crippen LogP contribution is -2.44. The molecule has 0 atom stereocenters. The van der Waals surface area contributed by atoms with E-state index in [1.54, 1.807) is 0 Å². The van der Waals surface area contributed by atoms with Crippen molar-refractivity contribution in [2.45, 2.75) is 19.8 Å². The summed E-state index contributed by atoms with van der Waals surface area (Å²) < 4.78 is 7.49. The van der Waals surface area contributed by atoms with Crippen LogP contribution in [0.2, 0.25) is 0 Å². The molecule has 2 aliphatic rings. The predicted octanol–water partition coefficient (Wildman–Crippen LogP) is 2.61. The number of fused-ring (bicyclic) bond motifs is 1. The molecule has 0 spiro atoms. The van der Waals surface area contributed by atoms with Crippen molar-refractivity contribution in [3.8, 4) is 11.4 Å². The molecular weight excluding hydrogens is 440 g/mol. The van der Waals surface area contributed by atoms with Gasteiger partial charge in [0.15, 0.2) is 22.8 Å². The lowest BCUT2D eigenvalue weighted by Gasteiger charge is -2.34. The minimum Gasteiger partial charge on any atom is -0.379 e. The van der Waals surface area contributed by atoms with Crippen LogP contribution in [0.15, 0.2) is 24.3 Å². The number of likely N-dealkylation sites (N-methyl/N-ethyl adjacent to an activating group) is 1.